The number of rotatable bonds is 5. The molecular formula is C13H11BrClNO4S. The number of hydrogen-bond donors (Lipinski definition) is 0. The highest BCUT2D eigenvalue weighted by Crippen LogP contribution is 2.30. The molecule has 0 spiro atoms. The Morgan fingerprint density at radius 3 is 2.71 bits per heavy atom. The Balaban J connectivity index is 2.17. The third-order valence-corrected chi connectivity index (χ3v) is 4.58. The minimum absolute atomic E-state index is 0.00218. The topological polar surface area (TPSA) is 65.5 Å². The van der Waals surface area contributed by atoms with Gasteiger partial charge in [0.2, 0.25) is 5.88 Å². The van der Waals surface area contributed by atoms with Crippen molar-refractivity contribution >= 4 is 35.7 Å². The molecular weight excluding hydrogens is 382 g/mol. The van der Waals surface area contributed by atoms with Crippen LogP contribution in [-0.2, 0) is 15.7 Å². The lowest BCUT2D eigenvalue weighted by molar-refractivity contribution is 0.292. The van der Waals surface area contributed by atoms with Crippen LogP contribution in [-0.4, -0.2) is 20.5 Å². The van der Waals surface area contributed by atoms with E-state index in [-0.39, 0.29) is 11.5 Å². The maximum absolute atomic E-state index is 11.2. The Morgan fingerprint density at radius 1 is 1.33 bits per heavy atom. The van der Waals surface area contributed by atoms with E-state index in [0.29, 0.717) is 16.1 Å². The molecule has 0 N–H and O–H groups in total. The van der Waals surface area contributed by atoms with Gasteiger partial charge >= 0.3 is 0 Å². The van der Waals surface area contributed by atoms with E-state index in [9.17, 15) is 8.42 Å². The van der Waals surface area contributed by atoms with Gasteiger partial charge in [-0.3, -0.25) is 0 Å². The lowest BCUT2D eigenvalue weighted by Crippen LogP contribution is -2.01. The van der Waals surface area contributed by atoms with Gasteiger partial charge in [-0.2, -0.15) is 0 Å². The van der Waals surface area contributed by atoms with Crippen molar-refractivity contribution in [3.05, 3.63) is 46.6 Å². The molecule has 0 fully saturated rings. The molecule has 5 nitrogen and oxygen atoms in total. The molecule has 1 heterocycles. The first-order chi connectivity index (χ1) is 9.91. The third kappa shape index (κ3) is 4.09. The first-order valence-electron chi connectivity index (χ1n) is 5.76. The van der Waals surface area contributed by atoms with Crippen LogP contribution in [0, 0.1) is 0 Å². The fourth-order valence-electron chi connectivity index (χ4n) is 1.62. The van der Waals surface area contributed by atoms with Crippen molar-refractivity contribution in [2.45, 2.75) is 11.5 Å². The molecule has 112 valence electrons. The molecule has 8 heteroatoms. The summed E-state index contributed by atoms with van der Waals surface area (Å²) >= 11 is 3.25. The average Bonchev–Trinajstić information content (AvgIpc) is 2.45. The molecule has 0 saturated carbocycles. The van der Waals surface area contributed by atoms with E-state index in [1.54, 1.807) is 12.3 Å². The van der Waals surface area contributed by atoms with E-state index < -0.39 is 9.05 Å². The lowest BCUT2D eigenvalue weighted by atomic mass is 10.3. The van der Waals surface area contributed by atoms with Crippen LogP contribution in [0.15, 0.2) is 45.9 Å². The fourth-order valence-corrected chi connectivity index (χ4v) is 3.05. The molecule has 0 saturated heterocycles. The molecule has 0 amide bonds. The van der Waals surface area contributed by atoms with Crippen LogP contribution in [0.25, 0.3) is 0 Å². The number of methoxy groups -OCH3 is 1. The highest BCUT2D eigenvalue weighted by atomic mass is 79.9. The molecule has 2 rings (SSSR count). The van der Waals surface area contributed by atoms with Gasteiger partial charge in [0.05, 0.1) is 22.0 Å². The second-order valence-electron chi connectivity index (χ2n) is 3.99. The zero-order valence-corrected chi connectivity index (χ0v) is 14.1. The maximum Gasteiger partial charge on any atom is 0.261 e. The van der Waals surface area contributed by atoms with Crippen LogP contribution in [0.4, 0.5) is 0 Å². The van der Waals surface area contributed by atoms with Gasteiger partial charge in [-0.05, 0) is 46.3 Å². The Bertz CT molecular complexity index is 752. The van der Waals surface area contributed by atoms with Gasteiger partial charge in [0.1, 0.15) is 12.4 Å². The molecule has 0 unspecified atom stereocenters. The van der Waals surface area contributed by atoms with E-state index in [0.717, 1.165) is 5.56 Å². The molecule has 0 atom stereocenters. The highest BCUT2D eigenvalue weighted by molar-refractivity contribution is 9.10. The third-order valence-electron chi connectivity index (χ3n) is 2.61. The summed E-state index contributed by atoms with van der Waals surface area (Å²) in [5.41, 5.74) is 0.779. The Morgan fingerprint density at radius 2 is 2.10 bits per heavy atom. The SMILES string of the molecule is COc1ncccc1COc1ccc(S(=O)(=O)Cl)cc1Br. The van der Waals surface area contributed by atoms with Crippen LogP contribution in [0.2, 0.25) is 0 Å². The van der Waals surface area contributed by atoms with Gasteiger partial charge in [-0.25, -0.2) is 13.4 Å². The number of aromatic nitrogens is 1. The molecule has 0 aliphatic heterocycles. The number of benzene rings is 1. The summed E-state index contributed by atoms with van der Waals surface area (Å²) < 4.78 is 33.7. The average molecular weight is 393 g/mol. The molecule has 21 heavy (non-hydrogen) atoms. The largest absolute Gasteiger partial charge is 0.488 e. The lowest BCUT2D eigenvalue weighted by Gasteiger charge is -2.11. The molecule has 0 radical (unpaired) electrons. The summed E-state index contributed by atoms with van der Waals surface area (Å²) in [7, 11) is 3.05. The minimum atomic E-state index is -3.76. The maximum atomic E-state index is 11.2. The Labute approximate surface area is 135 Å². The normalized spacial score (nSPS) is 11.2. The molecule has 0 aliphatic carbocycles. The Kier molecular flexibility index (Phi) is 5.08. The van der Waals surface area contributed by atoms with Crippen LogP contribution >= 0.6 is 26.6 Å². The van der Waals surface area contributed by atoms with Crippen molar-refractivity contribution in [2.24, 2.45) is 0 Å². The number of halogens is 2. The fraction of sp³-hybridized carbons (Fsp3) is 0.154. The van der Waals surface area contributed by atoms with Crippen LogP contribution < -0.4 is 9.47 Å². The van der Waals surface area contributed by atoms with Crippen molar-refractivity contribution in [3.63, 3.8) is 0 Å². The van der Waals surface area contributed by atoms with Gasteiger partial charge in [0.15, 0.2) is 0 Å². The van der Waals surface area contributed by atoms with E-state index >= 15 is 0 Å². The summed E-state index contributed by atoms with van der Waals surface area (Å²) in [4.78, 5) is 4.07. The zero-order valence-electron chi connectivity index (χ0n) is 10.9. The summed E-state index contributed by atoms with van der Waals surface area (Å²) in [5, 5.41) is 0. The first kappa shape index (κ1) is 16.1. The predicted octanol–water partition coefficient (Wildman–Crippen LogP) is 3.36. The zero-order chi connectivity index (χ0) is 15.5. The number of nitrogens with zero attached hydrogens (tertiary/aromatic N) is 1. The van der Waals surface area contributed by atoms with E-state index in [1.165, 1.54) is 25.3 Å². The molecule has 2 aromatic rings. The standard InChI is InChI=1S/C13H11BrClNO4S/c1-19-13-9(3-2-6-16-13)8-20-12-5-4-10(7-11(12)14)21(15,17)18/h2-7H,8H2,1H3. The highest BCUT2D eigenvalue weighted by Gasteiger charge is 2.13. The quantitative estimate of drug-likeness (QED) is 0.730. The number of pyridine rings is 1. The minimum Gasteiger partial charge on any atom is -0.488 e. The summed E-state index contributed by atoms with van der Waals surface area (Å²) in [5.74, 6) is 0.971. The monoisotopic (exact) mass is 391 g/mol. The second kappa shape index (κ2) is 6.64. The van der Waals surface area contributed by atoms with E-state index in [1.807, 2.05) is 6.07 Å². The van der Waals surface area contributed by atoms with Crippen molar-refractivity contribution < 1.29 is 17.9 Å². The smallest absolute Gasteiger partial charge is 0.261 e. The Hall–Kier alpha value is -1.31. The van der Waals surface area contributed by atoms with Gasteiger partial charge in [-0.15, -0.1) is 0 Å². The molecule has 1 aromatic heterocycles. The van der Waals surface area contributed by atoms with Gasteiger partial charge in [-0.1, -0.05) is 0 Å². The van der Waals surface area contributed by atoms with Crippen LogP contribution in [0.1, 0.15) is 5.56 Å². The van der Waals surface area contributed by atoms with Gasteiger partial charge in [0, 0.05) is 16.9 Å². The second-order valence-corrected chi connectivity index (χ2v) is 7.41. The van der Waals surface area contributed by atoms with E-state index in [2.05, 4.69) is 20.9 Å². The molecule has 0 aliphatic rings. The number of ether oxygens (including phenoxy) is 2. The van der Waals surface area contributed by atoms with Crippen molar-refractivity contribution in [1.82, 2.24) is 4.98 Å². The number of hydrogen-bond acceptors (Lipinski definition) is 5. The summed E-state index contributed by atoms with van der Waals surface area (Å²) in [6.45, 7) is 0.239. The van der Waals surface area contributed by atoms with Crippen LogP contribution in [0.3, 0.4) is 0 Å². The van der Waals surface area contributed by atoms with Gasteiger partial charge < -0.3 is 9.47 Å². The van der Waals surface area contributed by atoms with Crippen LogP contribution in [0.5, 0.6) is 11.6 Å². The van der Waals surface area contributed by atoms with E-state index in [4.69, 9.17) is 20.2 Å². The summed E-state index contributed by atoms with van der Waals surface area (Å²) in [6, 6.07) is 7.90. The first-order valence-corrected chi connectivity index (χ1v) is 8.87. The van der Waals surface area contributed by atoms with Gasteiger partial charge in [0.25, 0.3) is 9.05 Å². The van der Waals surface area contributed by atoms with Crippen molar-refractivity contribution in [2.75, 3.05) is 7.11 Å². The van der Waals surface area contributed by atoms with Crippen molar-refractivity contribution in [3.8, 4) is 11.6 Å². The summed E-state index contributed by atoms with van der Waals surface area (Å²) in [6.07, 6.45) is 1.62. The predicted molar refractivity (Wildman–Crippen MR) is 82.3 cm³/mol. The molecule has 1 aromatic carbocycles. The van der Waals surface area contributed by atoms with Crippen molar-refractivity contribution in [1.29, 1.82) is 0 Å². The molecule has 0 bridgehead atoms.